The van der Waals surface area contributed by atoms with E-state index < -0.39 is 6.10 Å². The Labute approximate surface area is 117 Å². The molecular formula is C13H20FNO3S. The Hall–Kier alpha value is -0.820. The lowest BCUT2D eigenvalue weighted by molar-refractivity contribution is -0.0257. The van der Waals surface area contributed by atoms with Gasteiger partial charge in [0.1, 0.15) is 5.82 Å². The first-order valence-electron chi connectivity index (χ1n) is 5.98. The summed E-state index contributed by atoms with van der Waals surface area (Å²) >= 11 is 1.34. The highest BCUT2D eigenvalue weighted by molar-refractivity contribution is 7.99. The Morgan fingerprint density at radius 1 is 1.37 bits per heavy atom. The van der Waals surface area contributed by atoms with E-state index in [1.54, 1.807) is 13.2 Å². The third-order valence-electron chi connectivity index (χ3n) is 2.31. The molecule has 0 saturated heterocycles. The summed E-state index contributed by atoms with van der Waals surface area (Å²) in [6.07, 6.45) is -0.678. The number of hydrogen-bond donors (Lipinski definition) is 2. The number of aliphatic hydroxyl groups is 1. The second-order valence-electron chi connectivity index (χ2n) is 4.28. The quantitative estimate of drug-likeness (QED) is 0.565. The van der Waals surface area contributed by atoms with Gasteiger partial charge in [0.2, 0.25) is 0 Å². The Kier molecular flexibility index (Phi) is 7.15. The molecule has 3 N–H and O–H groups in total. The van der Waals surface area contributed by atoms with Crippen LogP contribution in [-0.4, -0.2) is 43.4 Å². The maximum Gasteiger partial charge on any atom is 0.126 e. The number of ether oxygens (including phenoxy) is 2. The number of nitrogens with two attached hydrogens (primary N) is 1. The second-order valence-corrected chi connectivity index (χ2v) is 5.38. The van der Waals surface area contributed by atoms with Gasteiger partial charge in [0.15, 0.2) is 0 Å². The van der Waals surface area contributed by atoms with E-state index in [0.29, 0.717) is 22.9 Å². The summed E-state index contributed by atoms with van der Waals surface area (Å²) in [5, 5.41) is 9.75. The zero-order chi connectivity index (χ0) is 14.3. The minimum atomic E-state index is -0.617. The summed E-state index contributed by atoms with van der Waals surface area (Å²) in [6, 6.07) is 4.33. The summed E-state index contributed by atoms with van der Waals surface area (Å²) in [4.78, 5) is 0.696. The van der Waals surface area contributed by atoms with Gasteiger partial charge < -0.3 is 20.3 Å². The molecule has 1 aromatic rings. The Morgan fingerprint density at radius 2 is 2.11 bits per heavy atom. The van der Waals surface area contributed by atoms with Crippen LogP contribution < -0.4 is 5.73 Å². The molecular weight excluding hydrogens is 269 g/mol. The van der Waals surface area contributed by atoms with E-state index in [-0.39, 0.29) is 18.5 Å². The van der Waals surface area contributed by atoms with Crippen molar-refractivity contribution in [2.24, 2.45) is 0 Å². The van der Waals surface area contributed by atoms with Crippen LogP contribution in [0.3, 0.4) is 0 Å². The van der Waals surface area contributed by atoms with Crippen molar-refractivity contribution in [2.75, 3.05) is 31.8 Å². The molecule has 0 spiro atoms. The molecule has 108 valence electrons. The van der Waals surface area contributed by atoms with Crippen molar-refractivity contribution in [3.8, 4) is 0 Å². The van der Waals surface area contributed by atoms with E-state index in [1.165, 1.54) is 23.9 Å². The van der Waals surface area contributed by atoms with Gasteiger partial charge in [-0.05, 0) is 25.1 Å². The van der Waals surface area contributed by atoms with Crippen LogP contribution in [0.15, 0.2) is 23.1 Å². The van der Waals surface area contributed by atoms with E-state index in [1.807, 2.05) is 6.92 Å². The predicted octanol–water partition coefficient (Wildman–Crippen LogP) is 1.91. The lowest BCUT2D eigenvalue weighted by atomic mass is 10.3. The van der Waals surface area contributed by atoms with Gasteiger partial charge in [0.05, 0.1) is 25.4 Å². The number of rotatable bonds is 8. The maximum absolute atomic E-state index is 13.1. The smallest absolute Gasteiger partial charge is 0.126 e. The molecule has 0 saturated carbocycles. The fourth-order valence-electron chi connectivity index (χ4n) is 1.47. The van der Waals surface area contributed by atoms with Crippen LogP contribution in [0.5, 0.6) is 0 Å². The standard InChI is InChI=1S/C13H20FNO3S/c1-9(6-17-2)18-7-12(16)8-19-13-4-10(14)3-11(15)5-13/h3-5,9,12,16H,6-8,15H2,1-2H3. The van der Waals surface area contributed by atoms with Gasteiger partial charge >= 0.3 is 0 Å². The molecule has 4 nitrogen and oxygen atoms in total. The zero-order valence-electron chi connectivity index (χ0n) is 11.1. The summed E-state index contributed by atoms with van der Waals surface area (Å²) in [5.74, 6) is 0.0461. The zero-order valence-corrected chi connectivity index (χ0v) is 12.0. The molecule has 0 aromatic heterocycles. The molecule has 0 fully saturated rings. The summed E-state index contributed by atoms with van der Waals surface area (Å²) in [7, 11) is 1.60. The van der Waals surface area contributed by atoms with E-state index >= 15 is 0 Å². The topological polar surface area (TPSA) is 64.7 Å². The third kappa shape index (κ3) is 6.77. The third-order valence-corrected chi connectivity index (χ3v) is 3.43. The minimum Gasteiger partial charge on any atom is -0.399 e. The van der Waals surface area contributed by atoms with Gasteiger partial charge in [-0.25, -0.2) is 4.39 Å². The number of methoxy groups -OCH3 is 1. The molecule has 1 rings (SSSR count). The number of halogens is 1. The molecule has 0 aliphatic heterocycles. The number of hydrogen-bond acceptors (Lipinski definition) is 5. The maximum atomic E-state index is 13.1. The van der Waals surface area contributed by atoms with Gasteiger partial charge in [-0.15, -0.1) is 11.8 Å². The van der Waals surface area contributed by atoms with Crippen LogP contribution in [0.1, 0.15) is 6.92 Å². The highest BCUT2D eigenvalue weighted by Gasteiger charge is 2.09. The van der Waals surface area contributed by atoms with E-state index in [0.717, 1.165) is 0 Å². The van der Waals surface area contributed by atoms with Crippen molar-refractivity contribution in [2.45, 2.75) is 24.0 Å². The van der Waals surface area contributed by atoms with Crippen LogP contribution in [-0.2, 0) is 9.47 Å². The first-order valence-corrected chi connectivity index (χ1v) is 6.97. The SMILES string of the molecule is COCC(C)OCC(O)CSc1cc(N)cc(F)c1. The summed E-state index contributed by atoms with van der Waals surface area (Å²) in [5.41, 5.74) is 5.92. The number of thioether (sulfide) groups is 1. The molecule has 6 heteroatoms. The van der Waals surface area contributed by atoms with Crippen LogP contribution in [0.25, 0.3) is 0 Å². The van der Waals surface area contributed by atoms with Crippen molar-refractivity contribution in [3.05, 3.63) is 24.0 Å². The molecule has 0 aliphatic carbocycles. The highest BCUT2D eigenvalue weighted by Crippen LogP contribution is 2.22. The molecule has 0 radical (unpaired) electrons. The molecule has 1 aromatic carbocycles. The average Bonchev–Trinajstić information content (AvgIpc) is 2.33. The Morgan fingerprint density at radius 3 is 2.74 bits per heavy atom. The fraction of sp³-hybridized carbons (Fsp3) is 0.538. The molecule has 2 atom stereocenters. The van der Waals surface area contributed by atoms with Crippen molar-refractivity contribution >= 4 is 17.4 Å². The van der Waals surface area contributed by atoms with Crippen molar-refractivity contribution in [1.29, 1.82) is 0 Å². The first-order chi connectivity index (χ1) is 9.01. The lowest BCUT2D eigenvalue weighted by Gasteiger charge is -2.15. The molecule has 0 heterocycles. The monoisotopic (exact) mass is 289 g/mol. The van der Waals surface area contributed by atoms with Crippen LogP contribution >= 0.6 is 11.8 Å². The van der Waals surface area contributed by atoms with Crippen molar-refractivity contribution < 1.29 is 19.0 Å². The molecule has 19 heavy (non-hydrogen) atoms. The van der Waals surface area contributed by atoms with Gasteiger partial charge in [0.25, 0.3) is 0 Å². The summed E-state index contributed by atoms with van der Waals surface area (Å²) < 4.78 is 23.4. The summed E-state index contributed by atoms with van der Waals surface area (Å²) in [6.45, 7) is 2.58. The Balaban J connectivity index is 2.31. The van der Waals surface area contributed by atoms with Gasteiger partial charge in [-0.2, -0.15) is 0 Å². The number of anilines is 1. The minimum absolute atomic E-state index is 0.0607. The molecule has 0 amide bonds. The van der Waals surface area contributed by atoms with E-state index in [2.05, 4.69) is 0 Å². The first kappa shape index (κ1) is 16.2. The average molecular weight is 289 g/mol. The van der Waals surface area contributed by atoms with Crippen LogP contribution in [0.4, 0.5) is 10.1 Å². The molecule has 2 unspecified atom stereocenters. The number of nitrogen functional groups attached to an aromatic ring is 1. The predicted molar refractivity (Wildman–Crippen MR) is 74.8 cm³/mol. The Bertz CT molecular complexity index is 372. The highest BCUT2D eigenvalue weighted by atomic mass is 32.2. The largest absolute Gasteiger partial charge is 0.399 e. The van der Waals surface area contributed by atoms with Crippen molar-refractivity contribution in [1.82, 2.24) is 0 Å². The normalized spacial score (nSPS) is 14.3. The molecule has 0 aliphatic rings. The van der Waals surface area contributed by atoms with Gasteiger partial charge in [-0.1, -0.05) is 0 Å². The van der Waals surface area contributed by atoms with Gasteiger partial charge in [0, 0.05) is 23.4 Å². The van der Waals surface area contributed by atoms with E-state index in [9.17, 15) is 9.50 Å². The molecule has 0 bridgehead atoms. The van der Waals surface area contributed by atoms with Crippen LogP contribution in [0, 0.1) is 5.82 Å². The fourth-order valence-corrected chi connectivity index (χ4v) is 2.36. The lowest BCUT2D eigenvalue weighted by Crippen LogP contribution is -2.24. The van der Waals surface area contributed by atoms with E-state index in [4.69, 9.17) is 15.2 Å². The van der Waals surface area contributed by atoms with Crippen molar-refractivity contribution in [3.63, 3.8) is 0 Å². The second kappa shape index (κ2) is 8.37. The number of benzene rings is 1. The van der Waals surface area contributed by atoms with Crippen LogP contribution in [0.2, 0.25) is 0 Å². The van der Waals surface area contributed by atoms with Gasteiger partial charge in [-0.3, -0.25) is 0 Å². The number of aliphatic hydroxyl groups excluding tert-OH is 1.